The van der Waals surface area contributed by atoms with E-state index >= 15 is 0 Å². The van der Waals surface area contributed by atoms with Gasteiger partial charge in [-0.3, -0.25) is 43.2 Å². The van der Waals surface area contributed by atoms with Crippen molar-refractivity contribution in [3.05, 3.63) is 0 Å². The second kappa shape index (κ2) is 34.2. The van der Waals surface area contributed by atoms with Crippen molar-refractivity contribution in [1.29, 1.82) is 0 Å². The molecule has 0 bridgehead atoms. The van der Waals surface area contributed by atoms with Crippen LogP contribution in [0.4, 0.5) is 0 Å². The minimum Gasteiger partial charge on any atom is -0.481 e. The van der Waals surface area contributed by atoms with Gasteiger partial charge in [0.05, 0.1) is 12.8 Å². The quantitative estimate of drug-likeness (QED) is 0.0395. The Balaban J connectivity index is 3.90. The summed E-state index contributed by atoms with van der Waals surface area (Å²) in [5.41, 5.74) is 0. The van der Waals surface area contributed by atoms with E-state index in [1.807, 2.05) is 27.7 Å². The predicted molar refractivity (Wildman–Crippen MR) is 272 cm³/mol. The van der Waals surface area contributed by atoms with Gasteiger partial charge < -0.3 is 52.2 Å². The SMILES string of the molecule is CCCCCCCCCCCCC1CC(=O)NC(CCC(=O)O)C(=O)NC(CC(C)C)C(=O)NC(CC(C)C)C(=O)NC(C(C)C)C(=O)NC(C(=O)NC(CC(C)C)C(=O)NC(C(=O)O)C(C)C)CC(=O)O1. The van der Waals surface area contributed by atoms with Crippen LogP contribution >= 0.6 is 0 Å². The van der Waals surface area contributed by atoms with Crippen molar-refractivity contribution in [2.75, 3.05) is 0 Å². The highest BCUT2D eigenvalue weighted by Gasteiger charge is 2.37. The van der Waals surface area contributed by atoms with Crippen molar-refractivity contribution >= 4 is 59.3 Å². The minimum absolute atomic E-state index is 0.0420. The number of hydrogen-bond donors (Lipinski definition) is 9. The molecule has 9 N–H and O–H groups in total. The van der Waals surface area contributed by atoms with Gasteiger partial charge >= 0.3 is 17.9 Å². The maximum Gasteiger partial charge on any atom is 0.326 e. The van der Waals surface area contributed by atoms with Crippen LogP contribution in [0.5, 0.6) is 0 Å². The van der Waals surface area contributed by atoms with Crippen molar-refractivity contribution in [2.45, 2.75) is 240 Å². The van der Waals surface area contributed by atoms with E-state index in [-0.39, 0.29) is 49.9 Å². The van der Waals surface area contributed by atoms with E-state index < -0.39 is 139 Å². The van der Waals surface area contributed by atoms with Gasteiger partial charge in [-0.2, -0.15) is 0 Å². The average Bonchev–Trinajstić information content (AvgIpc) is 3.26. The fourth-order valence-corrected chi connectivity index (χ4v) is 8.41. The highest BCUT2D eigenvalue weighted by atomic mass is 16.5. The number of hydrogen-bond acceptors (Lipinski definition) is 11. The van der Waals surface area contributed by atoms with Crippen LogP contribution in [0.2, 0.25) is 0 Å². The Bertz CT molecular complexity index is 1770. The van der Waals surface area contributed by atoms with E-state index in [4.69, 9.17) is 4.74 Å². The molecule has 72 heavy (non-hydrogen) atoms. The molecule has 1 aliphatic heterocycles. The summed E-state index contributed by atoms with van der Waals surface area (Å²) in [7, 11) is 0. The number of unbranched alkanes of at least 4 members (excludes halogenated alkanes) is 9. The molecule has 0 aliphatic carbocycles. The number of nitrogens with one attached hydrogen (secondary N) is 7. The van der Waals surface area contributed by atoms with Crippen LogP contribution in [-0.4, -0.2) is 118 Å². The van der Waals surface area contributed by atoms with Crippen LogP contribution in [0, 0.1) is 29.6 Å². The van der Waals surface area contributed by atoms with Gasteiger partial charge in [-0.1, -0.05) is 134 Å². The first-order valence-corrected chi connectivity index (χ1v) is 26.5. The number of cyclic esters (lactones) is 1. The van der Waals surface area contributed by atoms with Crippen LogP contribution in [0.1, 0.15) is 192 Å². The normalized spacial score (nSPS) is 22.1. The summed E-state index contributed by atoms with van der Waals surface area (Å²) in [6.45, 7) is 19.5. The molecule has 20 heteroatoms. The number of carbonyl (C=O) groups excluding carboxylic acids is 8. The van der Waals surface area contributed by atoms with Crippen LogP contribution < -0.4 is 37.2 Å². The lowest BCUT2D eigenvalue weighted by Gasteiger charge is -2.30. The Morgan fingerprint density at radius 3 is 1.58 bits per heavy atom. The number of aliphatic carboxylic acids is 2. The van der Waals surface area contributed by atoms with Crippen molar-refractivity contribution in [1.82, 2.24) is 37.2 Å². The van der Waals surface area contributed by atoms with Gasteiger partial charge in [0.2, 0.25) is 41.4 Å². The van der Waals surface area contributed by atoms with E-state index in [1.165, 1.54) is 12.8 Å². The standard InChI is InChI=1S/C52H91N7O13/c1-12-13-14-15-16-17-18-19-20-21-22-35-28-41(60)53-36(23-24-42(61)62)46(64)54-37(25-30(2)3)47(65)55-38(26-31(4)5)49(67)58-44(33(8)9)51(69)57-40(29-43(63)72-35)48(66)56-39(27-32(6)7)50(68)59-45(34(10)11)52(70)71/h30-40,44-45H,12-29H2,1-11H3,(H,53,60)(H,54,64)(H,55,65)(H,56,66)(H,57,69)(H,58,67)(H,59,68)(H,61,62)(H,70,71). The second-order valence-corrected chi connectivity index (χ2v) is 21.5. The molecule has 7 amide bonds. The van der Waals surface area contributed by atoms with Crippen molar-refractivity contribution in [3.63, 3.8) is 0 Å². The molecule has 0 aromatic heterocycles. The van der Waals surface area contributed by atoms with E-state index in [0.29, 0.717) is 6.42 Å². The molecule has 0 spiro atoms. The van der Waals surface area contributed by atoms with Crippen LogP contribution in [0.15, 0.2) is 0 Å². The first kappa shape index (κ1) is 64.7. The fourth-order valence-electron chi connectivity index (χ4n) is 8.41. The zero-order chi connectivity index (χ0) is 54.7. The summed E-state index contributed by atoms with van der Waals surface area (Å²) >= 11 is 0. The Morgan fingerprint density at radius 2 is 1.11 bits per heavy atom. The van der Waals surface area contributed by atoms with Gasteiger partial charge in [0.1, 0.15) is 48.4 Å². The summed E-state index contributed by atoms with van der Waals surface area (Å²) in [6.07, 6.45) is 7.24. The van der Waals surface area contributed by atoms with Crippen molar-refractivity contribution in [3.8, 4) is 0 Å². The summed E-state index contributed by atoms with van der Waals surface area (Å²) in [5, 5.41) is 37.7. The molecule has 0 aromatic rings. The molecule has 8 atom stereocenters. The number of carbonyl (C=O) groups is 10. The maximum absolute atomic E-state index is 14.4. The minimum atomic E-state index is -1.73. The molecule has 0 aromatic carbocycles. The molecule has 8 unspecified atom stereocenters. The summed E-state index contributed by atoms with van der Waals surface area (Å²) in [6, 6.07) is -9.57. The Morgan fingerprint density at radius 1 is 0.597 bits per heavy atom. The molecule has 1 fully saturated rings. The summed E-state index contributed by atoms with van der Waals surface area (Å²) in [5.74, 6) is -11.0. The van der Waals surface area contributed by atoms with Crippen molar-refractivity contribution < 1.29 is 62.9 Å². The number of ether oxygens (including phenoxy) is 1. The molecular weight excluding hydrogens is 931 g/mol. The predicted octanol–water partition coefficient (Wildman–Crippen LogP) is 4.80. The molecular formula is C52H91N7O13. The molecule has 0 saturated carbocycles. The van der Waals surface area contributed by atoms with Gasteiger partial charge in [0.15, 0.2) is 0 Å². The lowest BCUT2D eigenvalue weighted by molar-refractivity contribution is -0.153. The van der Waals surface area contributed by atoms with E-state index in [9.17, 15) is 58.2 Å². The third-order valence-electron chi connectivity index (χ3n) is 12.4. The van der Waals surface area contributed by atoms with Gasteiger partial charge in [-0.05, 0) is 68.1 Å². The summed E-state index contributed by atoms with van der Waals surface area (Å²) < 4.78 is 5.91. The molecule has 0 radical (unpaired) electrons. The zero-order valence-corrected chi connectivity index (χ0v) is 45.1. The molecule has 1 heterocycles. The Labute approximate surface area is 428 Å². The molecule has 412 valence electrons. The second-order valence-electron chi connectivity index (χ2n) is 21.5. The largest absolute Gasteiger partial charge is 0.481 e. The van der Waals surface area contributed by atoms with Crippen LogP contribution in [0.25, 0.3) is 0 Å². The topological polar surface area (TPSA) is 305 Å². The Kier molecular flexibility index (Phi) is 30.7. The van der Waals surface area contributed by atoms with Gasteiger partial charge in [0.25, 0.3) is 0 Å². The smallest absolute Gasteiger partial charge is 0.326 e. The lowest BCUT2D eigenvalue weighted by atomic mass is 9.98. The third-order valence-corrected chi connectivity index (χ3v) is 12.4. The number of carboxylic acid groups (broad SMARTS) is 2. The molecule has 1 saturated heterocycles. The third kappa shape index (κ3) is 26.4. The van der Waals surface area contributed by atoms with E-state index in [1.54, 1.807) is 41.5 Å². The molecule has 20 nitrogen and oxygen atoms in total. The highest BCUT2D eigenvalue weighted by Crippen LogP contribution is 2.18. The van der Waals surface area contributed by atoms with Gasteiger partial charge in [-0.15, -0.1) is 0 Å². The summed E-state index contributed by atoms with van der Waals surface area (Å²) in [4.78, 5) is 136. The monoisotopic (exact) mass is 1020 g/mol. The number of rotatable bonds is 27. The maximum atomic E-state index is 14.4. The Hall–Kier alpha value is -5.30. The first-order chi connectivity index (χ1) is 33.7. The number of carboxylic acids is 2. The average molecular weight is 1020 g/mol. The van der Waals surface area contributed by atoms with Crippen molar-refractivity contribution in [2.24, 2.45) is 29.6 Å². The van der Waals surface area contributed by atoms with E-state index in [0.717, 1.165) is 44.9 Å². The molecule has 1 rings (SSSR count). The van der Waals surface area contributed by atoms with Gasteiger partial charge in [0, 0.05) is 6.42 Å². The number of esters is 1. The van der Waals surface area contributed by atoms with Gasteiger partial charge in [-0.25, -0.2) is 4.79 Å². The fraction of sp³-hybridized carbons (Fsp3) is 0.808. The lowest BCUT2D eigenvalue weighted by Crippen LogP contribution is -2.61. The van der Waals surface area contributed by atoms with E-state index in [2.05, 4.69) is 44.1 Å². The first-order valence-electron chi connectivity index (χ1n) is 26.5. The van der Waals surface area contributed by atoms with Crippen LogP contribution in [0.3, 0.4) is 0 Å². The number of amides is 7. The highest BCUT2D eigenvalue weighted by molar-refractivity contribution is 5.98. The van der Waals surface area contributed by atoms with Crippen LogP contribution in [-0.2, 0) is 52.7 Å². The molecule has 1 aliphatic rings. The zero-order valence-electron chi connectivity index (χ0n) is 45.1.